The molecule has 0 bridgehead atoms. The predicted octanol–water partition coefficient (Wildman–Crippen LogP) is 4.07. The Bertz CT molecular complexity index is 458. The summed E-state index contributed by atoms with van der Waals surface area (Å²) < 4.78 is 24.9. The second-order valence-electron chi connectivity index (χ2n) is 5.73. The smallest absolute Gasteiger partial charge is 0.163 e. The summed E-state index contributed by atoms with van der Waals surface area (Å²) in [6.07, 6.45) is 6.11. The SMILES string of the molecule is CCNC(CC1CCCC1)c1cc(OC)c(OC)cc1F. The maximum atomic E-state index is 14.4. The van der Waals surface area contributed by atoms with Gasteiger partial charge in [0.1, 0.15) is 5.82 Å². The first-order chi connectivity index (χ1) is 10.2. The van der Waals surface area contributed by atoms with Gasteiger partial charge in [0.05, 0.1) is 14.2 Å². The number of hydrogen-bond acceptors (Lipinski definition) is 3. The second-order valence-corrected chi connectivity index (χ2v) is 5.73. The molecule has 2 rings (SSSR count). The lowest BCUT2D eigenvalue weighted by Crippen LogP contribution is -2.24. The van der Waals surface area contributed by atoms with Crippen molar-refractivity contribution in [2.45, 2.75) is 45.1 Å². The highest BCUT2D eigenvalue weighted by Gasteiger charge is 2.24. The van der Waals surface area contributed by atoms with Gasteiger partial charge in [0.25, 0.3) is 0 Å². The molecule has 0 amide bonds. The molecule has 1 aromatic carbocycles. The van der Waals surface area contributed by atoms with Crippen LogP contribution >= 0.6 is 0 Å². The van der Waals surface area contributed by atoms with Crippen molar-refractivity contribution in [1.82, 2.24) is 5.32 Å². The van der Waals surface area contributed by atoms with E-state index in [9.17, 15) is 4.39 Å². The first-order valence-corrected chi connectivity index (χ1v) is 7.84. The van der Waals surface area contributed by atoms with Crippen molar-refractivity contribution in [3.05, 3.63) is 23.5 Å². The lowest BCUT2D eigenvalue weighted by Gasteiger charge is -2.23. The molecule has 3 nitrogen and oxygen atoms in total. The molecule has 21 heavy (non-hydrogen) atoms. The third-order valence-electron chi connectivity index (χ3n) is 4.37. The third-order valence-corrected chi connectivity index (χ3v) is 4.37. The number of hydrogen-bond donors (Lipinski definition) is 1. The van der Waals surface area contributed by atoms with Crippen molar-refractivity contribution >= 4 is 0 Å². The Labute approximate surface area is 126 Å². The molecule has 1 unspecified atom stereocenters. The van der Waals surface area contributed by atoms with Crippen LogP contribution in [0.4, 0.5) is 4.39 Å². The zero-order chi connectivity index (χ0) is 15.2. The Balaban J connectivity index is 2.25. The van der Waals surface area contributed by atoms with Crippen molar-refractivity contribution in [3.63, 3.8) is 0 Å². The van der Waals surface area contributed by atoms with Crippen LogP contribution in [0.2, 0.25) is 0 Å². The molecular weight excluding hydrogens is 269 g/mol. The summed E-state index contributed by atoms with van der Waals surface area (Å²) in [4.78, 5) is 0. The summed E-state index contributed by atoms with van der Waals surface area (Å²) in [6, 6.07) is 3.24. The fourth-order valence-corrected chi connectivity index (χ4v) is 3.28. The monoisotopic (exact) mass is 295 g/mol. The third kappa shape index (κ3) is 3.88. The molecule has 0 radical (unpaired) electrons. The molecule has 1 N–H and O–H groups in total. The van der Waals surface area contributed by atoms with Crippen LogP contribution < -0.4 is 14.8 Å². The maximum Gasteiger partial charge on any atom is 0.163 e. The molecule has 0 aromatic heterocycles. The molecule has 118 valence electrons. The average molecular weight is 295 g/mol. The molecule has 1 saturated carbocycles. The van der Waals surface area contributed by atoms with Crippen LogP contribution in [0.1, 0.15) is 50.6 Å². The molecule has 1 aliphatic rings. The summed E-state index contributed by atoms with van der Waals surface area (Å²) in [7, 11) is 3.11. The first-order valence-electron chi connectivity index (χ1n) is 7.84. The highest BCUT2D eigenvalue weighted by atomic mass is 19.1. The Morgan fingerprint density at radius 2 is 1.81 bits per heavy atom. The van der Waals surface area contributed by atoms with Crippen LogP contribution in [-0.4, -0.2) is 20.8 Å². The van der Waals surface area contributed by atoms with Crippen molar-refractivity contribution in [2.24, 2.45) is 5.92 Å². The standard InChI is InChI=1S/C17H26FNO2/c1-4-19-15(9-12-7-5-6-8-12)13-10-16(20-2)17(21-3)11-14(13)18/h10-12,15,19H,4-9H2,1-3H3. The van der Waals surface area contributed by atoms with Crippen LogP contribution in [0.15, 0.2) is 12.1 Å². The normalized spacial score (nSPS) is 17.0. The zero-order valence-electron chi connectivity index (χ0n) is 13.2. The van der Waals surface area contributed by atoms with Gasteiger partial charge in [-0.05, 0) is 24.9 Å². The van der Waals surface area contributed by atoms with Gasteiger partial charge in [0.2, 0.25) is 0 Å². The molecule has 0 aliphatic heterocycles. The van der Waals surface area contributed by atoms with E-state index in [1.165, 1.54) is 38.9 Å². The largest absolute Gasteiger partial charge is 0.493 e. The van der Waals surface area contributed by atoms with Crippen molar-refractivity contribution in [1.29, 1.82) is 0 Å². The molecule has 0 saturated heterocycles. The Hall–Kier alpha value is -1.29. The minimum atomic E-state index is -0.225. The van der Waals surface area contributed by atoms with E-state index in [1.54, 1.807) is 13.2 Å². The topological polar surface area (TPSA) is 30.5 Å². The summed E-state index contributed by atoms with van der Waals surface area (Å²) in [5, 5.41) is 3.42. The number of nitrogens with one attached hydrogen (secondary N) is 1. The highest BCUT2D eigenvalue weighted by Crippen LogP contribution is 2.37. The number of benzene rings is 1. The lowest BCUT2D eigenvalue weighted by atomic mass is 9.93. The zero-order valence-corrected chi connectivity index (χ0v) is 13.2. The van der Waals surface area contributed by atoms with Crippen molar-refractivity contribution in [3.8, 4) is 11.5 Å². The van der Waals surface area contributed by atoms with E-state index in [-0.39, 0.29) is 11.9 Å². The van der Waals surface area contributed by atoms with E-state index in [2.05, 4.69) is 12.2 Å². The van der Waals surface area contributed by atoms with Gasteiger partial charge in [-0.1, -0.05) is 32.6 Å². The molecular formula is C17H26FNO2. The van der Waals surface area contributed by atoms with E-state index in [0.717, 1.165) is 13.0 Å². The summed E-state index contributed by atoms with van der Waals surface area (Å²) in [6.45, 7) is 2.88. The average Bonchev–Trinajstić information content (AvgIpc) is 2.99. The van der Waals surface area contributed by atoms with E-state index in [0.29, 0.717) is 23.0 Å². The van der Waals surface area contributed by atoms with Gasteiger partial charge in [-0.2, -0.15) is 0 Å². The van der Waals surface area contributed by atoms with Gasteiger partial charge in [0.15, 0.2) is 11.5 Å². The lowest BCUT2D eigenvalue weighted by molar-refractivity contribution is 0.346. The first kappa shape index (κ1) is 16.1. The molecule has 1 atom stereocenters. The second kappa shape index (κ2) is 7.64. The molecule has 0 spiro atoms. The van der Waals surface area contributed by atoms with Gasteiger partial charge < -0.3 is 14.8 Å². The fourth-order valence-electron chi connectivity index (χ4n) is 3.28. The molecule has 1 fully saturated rings. The summed E-state index contributed by atoms with van der Waals surface area (Å²) in [5.41, 5.74) is 0.682. The van der Waals surface area contributed by atoms with Crippen LogP contribution in [0, 0.1) is 11.7 Å². The van der Waals surface area contributed by atoms with Gasteiger partial charge in [0, 0.05) is 17.7 Å². The summed E-state index contributed by atoms with van der Waals surface area (Å²) >= 11 is 0. The molecule has 1 aliphatic carbocycles. The Morgan fingerprint density at radius 3 is 2.38 bits per heavy atom. The predicted molar refractivity (Wildman–Crippen MR) is 82.5 cm³/mol. The van der Waals surface area contributed by atoms with Gasteiger partial charge in [-0.15, -0.1) is 0 Å². The molecule has 0 heterocycles. The van der Waals surface area contributed by atoms with Gasteiger partial charge in [-0.3, -0.25) is 0 Å². The van der Waals surface area contributed by atoms with Crippen LogP contribution in [0.3, 0.4) is 0 Å². The number of ether oxygens (including phenoxy) is 2. The number of halogens is 1. The van der Waals surface area contributed by atoms with Crippen LogP contribution in [0.25, 0.3) is 0 Å². The highest BCUT2D eigenvalue weighted by molar-refractivity contribution is 5.44. The molecule has 1 aromatic rings. The minimum absolute atomic E-state index is 0.0397. The quantitative estimate of drug-likeness (QED) is 0.822. The van der Waals surface area contributed by atoms with E-state index in [4.69, 9.17) is 9.47 Å². The Kier molecular flexibility index (Phi) is 5.85. The number of methoxy groups -OCH3 is 2. The van der Waals surface area contributed by atoms with Crippen molar-refractivity contribution in [2.75, 3.05) is 20.8 Å². The van der Waals surface area contributed by atoms with Crippen LogP contribution in [-0.2, 0) is 0 Å². The van der Waals surface area contributed by atoms with E-state index < -0.39 is 0 Å². The Morgan fingerprint density at radius 1 is 1.19 bits per heavy atom. The van der Waals surface area contributed by atoms with E-state index >= 15 is 0 Å². The fraction of sp³-hybridized carbons (Fsp3) is 0.647. The molecule has 4 heteroatoms. The van der Waals surface area contributed by atoms with Crippen LogP contribution in [0.5, 0.6) is 11.5 Å². The minimum Gasteiger partial charge on any atom is -0.493 e. The van der Waals surface area contributed by atoms with E-state index in [1.807, 2.05) is 0 Å². The van der Waals surface area contributed by atoms with Gasteiger partial charge in [-0.25, -0.2) is 4.39 Å². The maximum absolute atomic E-state index is 14.4. The summed E-state index contributed by atoms with van der Waals surface area (Å²) in [5.74, 6) is 1.50. The van der Waals surface area contributed by atoms with Gasteiger partial charge >= 0.3 is 0 Å². The van der Waals surface area contributed by atoms with Crippen molar-refractivity contribution < 1.29 is 13.9 Å². The number of rotatable bonds is 7.